The van der Waals surface area contributed by atoms with Gasteiger partial charge in [-0.3, -0.25) is 4.68 Å². The van der Waals surface area contributed by atoms with E-state index in [0.29, 0.717) is 0 Å². The van der Waals surface area contributed by atoms with Gasteiger partial charge in [-0.05, 0) is 44.6 Å². The normalized spacial score (nSPS) is 17.6. The van der Waals surface area contributed by atoms with Gasteiger partial charge >= 0.3 is 0 Å². The molecule has 0 bridgehead atoms. The summed E-state index contributed by atoms with van der Waals surface area (Å²) in [6, 6.07) is 2.42. The van der Waals surface area contributed by atoms with Gasteiger partial charge in [0.05, 0.1) is 5.69 Å². The number of allylic oxidation sites excluding steroid dienone is 1. The van der Waals surface area contributed by atoms with Crippen LogP contribution >= 0.6 is 0 Å². The van der Waals surface area contributed by atoms with Crippen molar-refractivity contribution in [2.75, 3.05) is 0 Å². The van der Waals surface area contributed by atoms with Crippen LogP contribution in [0.1, 0.15) is 50.4 Å². The Morgan fingerprint density at radius 3 is 2.83 bits per heavy atom. The molecule has 18 heavy (non-hydrogen) atoms. The van der Waals surface area contributed by atoms with Gasteiger partial charge in [-0.1, -0.05) is 18.6 Å². The van der Waals surface area contributed by atoms with E-state index in [2.05, 4.69) is 24.2 Å². The lowest BCUT2D eigenvalue weighted by molar-refractivity contribution is 0.581. The van der Waals surface area contributed by atoms with Crippen LogP contribution in [0.25, 0.3) is 0 Å². The Hall–Kier alpha value is -1.09. The summed E-state index contributed by atoms with van der Waals surface area (Å²) in [4.78, 5) is 0. The van der Waals surface area contributed by atoms with Gasteiger partial charge in [0, 0.05) is 25.2 Å². The Labute approximate surface area is 110 Å². The molecule has 0 saturated heterocycles. The maximum atomic E-state index is 6.27. The third-order valence-electron chi connectivity index (χ3n) is 3.77. The first-order chi connectivity index (χ1) is 8.69. The number of hydrogen-bond acceptors (Lipinski definition) is 2. The number of aryl methyl sites for hydroxylation is 2. The highest BCUT2D eigenvalue weighted by molar-refractivity contribution is 5.13. The van der Waals surface area contributed by atoms with Crippen LogP contribution in [0, 0.1) is 0 Å². The van der Waals surface area contributed by atoms with Crippen molar-refractivity contribution in [2.24, 2.45) is 12.8 Å². The quantitative estimate of drug-likeness (QED) is 0.813. The first-order valence-electron chi connectivity index (χ1n) is 7.14. The molecule has 1 aliphatic carbocycles. The lowest BCUT2D eigenvalue weighted by Crippen LogP contribution is -2.25. The molecule has 3 nitrogen and oxygen atoms in total. The molecular weight excluding hydrogens is 222 g/mol. The van der Waals surface area contributed by atoms with Crippen LogP contribution in [-0.4, -0.2) is 15.8 Å². The number of nitrogens with two attached hydrogens (primary N) is 1. The fraction of sp³-hybridized carbons (Fsp3) is 0.667. The molecule has 0 spiro atoms. The van der Waals surface area contributed by atoms with Crippen LogP contribution < -0.4 is 5.73 Å². The van der Waals surface area contributed by atoms with Crippen molar-refractivity contribution in [1.82, 2.24) is 9.78 Å². The third kappa shape index (κ3) is 3.45. The molecule has 2 N–H and O–H groups in total. The Kier molecular flexibility index (Phi) is 4.59. The second-order valence-electron chi connectivity index (χ2n) is 5.38. The lowest BCUT2D eigenvalue weighted by Gasteiger charge is -2.17. The Morgan fingerprint density at radius 1 is 1.39 bits per heavy atom. The van der Waals surface area contributed by atoms with E-state index < -0.39 is 0 Å². The largest absolute Gasteiger partial charge is 0.327 e. The predicted molar refractivity (Wildman–Crippen MR) is 75.4 cm³/mol. The average molecular weight is 247 g/mol. The number of hydrogen-bond donors (Lipinski definition) is 1. The van der Waals surface area contributed by atoms with Crippen LogP contribution in [0.5, 0.6) is 0 Å². The zero-order chi connectivity index (χ0) is 13.0. The summed E-state index contributed by atoms with van der Waals surface area (Å²) in [7, 11) is 2.01. The van der Waals surface area contributed by atoms with Gasteiger partial charge in [0.2, 0.25) is 0 Å². The molecular formula is C15H25N3. The molecule has 1 unspecified atom stereocenters. The first-order valence-corrected chi connectivity index (χ1v) is 7.14. The second kappa shape index (κ2) is 6.19. The first kappa shape index (κ1) is 13.3. The van der Waals surface area contributed by atoms with Gasteiger partial charge in [0.15, 0.2) is 0 Å². The molecule has 1 aromatic rings. The zero-order valence-corrected chi connectivity index (χ0v) is 11.7. The maximum absolute atomic E-state index is 6.27. The summed E-state index contributed by atoms with van der Waals surface area (Å²) >= 11 is 0. The van der Waals surface area contributed by atoms with Gasteiger partial charge in [-0.2, -0.15) is 5.10 Å². The molecule has 0 saturated carbocycles. The van der Waals surface area contributed by atoms with E-state index >= 15 is 0 Å². The molecule has 3 heteroatoms. The summed E-state index contributed by atoms with van der Waals surface area (Å²) in [5.74, 6) is 0. The lowest BCUT2D eigenvalue weighted by atomic mass is 9.93. The molecule has 0 fully saturated rings. The summed E-state index contributed by atoms with van der Waals surface area (Å²) in [5.41, 5.74) is 10.3. The topological polar surface area (TPSA) is 43.8 Å². The monoisotopic (exact) mass is 247 g/mol. The van der Waals surface area contributed by atoms with Crippen molar-refractivity contribution < 1.29 is 0 Å². The second-order valence-corrected chi connectivity index (χ2v) is 5.38. The zero-order valence-electron chi connectivity index (χ0n) is 11.7. The number of rotatable bonds is 5. The smallest absolute Gasteiger partial charge is 0.0624 e. The Bertz CT molecular complexity index is 417. The highest BCUT2D eigenvalue weighted by Gasteiger charge is 2.12. The molecule has 1 heterocycles. The van der Waals surface area contributed by atoms with Crippen LogP contribution in [0.2, 0.25) is 0 Å². The van der Waals surface area contributed by atoms with E-state index in [9.17, 15) is 0 Å². The van der Waals surface area contributed by atoms with Crippen molar-refractivity contribution in [3.8, 4) is 0 Å². The van der Waals surface area contributed by atoms with Crippen molar-refractivity contribution in [3.05, 3.63) is 29.1 Å². The summed E-state index contributed by atoms with van der Waals surface area (Å²) in [6.45, 7) is 2.14. The van der Waals surface area contributed by atoms with Crippen LogP contribution in [0.3, 0.4) is 0 Å². The molecule has 1 atom stereocenters. The van der Waals surface area contributed by atoms with E-state index in [0.717, 1.165) is 25.0 Å². The standard InChI is InChI=1S/C15H25N3/c1-3-14-11-15(18(2)17-14)10-13(16)9-12-7-5-4-6-8-12/h7,11,13H,3-6,8-10,16H2,1-2H3. The van der Waals surface area contributed by atoms with Gasteiger partial charge in [0.1, 0.15) is 0 Å². The van der Waals surface area contributed by atoms with Crippen molar-refractivity contribution in [2.45, 2.75) is 57.9 Å². The van der Waals surface area contributed by atoms with Crippen LogP contribution in [-0.2, 0) is 19.9 Å². The highest BCUT2D eigenvalue weighted by Crippen LogP contribution is 2.21. The van der Waals surface area contributed by atoms with Crippen molar-refractivity contribution in [3.63, 3.8) is 0 Å². The fourth-order valence-corrected chi connectivity index (χ4v) is 2.70. The van der Waals surface area contributed by atoms with E-state index in [1.54, 1.807) is 5.57 Å². The van der Waals surface area contributed by atoms with Crippen molar-refractivity contribution >= 4 is 0 Å². The number of nitrogens with zero attached hydrogens (tertiary/aromatic N) is 2. The van der Waals surface area contributed by atoms with Gasteiger partial charge < -0.3 is 5.73 Å². The molecule has 0 aliphatic heterocycles. The molecule has 0 amide bonds. The molecule has 100 valence electrons. The molecule has 0 aromatic carbocycles. The van der Waals surface area contributed by atoms with Gasteiger partial charge in [-0.15, -0.1) is 0 Å². The Morgan fingerprint density at radius 2 is 2.22 bits per heavy atom. The van der Waals surface area contributed by atoms with E-state index in [-0.39, 0.29) is 6.04 Å². The molecule has 0 radical (unpaired) electrons. The third-order valence-corrected chi connectivity index (χ3v) is 3.77. The molecule has 2 rings (SSSR count). The Balaban J connectivity index is 1.91. The minimum Gasteiger partial charge on any atom is -0.327 e. The SMILES string of the molecule is CCc1cc(CC(N)CC2=CCCCC2)n(C)n1. The van der Waals surface area contributed by atoms with E-state index in [1.807, 2.05) is 11.7 Å². The number of aromatic nitrogens is 2. The summed E-state index contributed by atoms with van der Waals surface area (Å²) in [6.07, 6.45) is 10.5. The van der Waals surface area contributed by atoms with E-state index in [4.69, 9.17) is 5.73 Å². The fourth-order valence-electron chi connectivity index (χ4n) is 2.70. The van der Waals surface area contributed by atoms with Crippen LogP contribution in [0.4, 0.5) is 0 Å². The predicted octanol–water partition coefficient (Wildman–Crippen LogP) is 2.74. The van der Waals surface area contributed by atoms with Crippen molar-refractivity contribution in [1.29, 1.82) is 0 Å². The molecule has 1 aromatic heterocycles. The minimum atomic E-state index is 0.231. The highest BCUT2D eigenvalue weighted by atomic mass is 15.3. The minimum absolute atomic E-state index is 0.231. The summed E-state index contributed by atoms with van der Waals surface area (Å²) in [5, 5.41) is 4.48. The van der Waals surface area contributed by atoms with Gasteiger partial charge in [0.25, 0.3) is 0 Å². The van der Waals surface area contributed by atoms with Gasteiger partial charge in [-0.25, -0.2) is 0 Å². The maximum Gasteiger partial charge on any atom is 0.0624 e. The average Bonchev–Trinajstić information content (AvgIpc) is 2.71. The van der Waals surface area contributed by atoms with Crippen LogP contribution in [0.15, 0.2) is 17.7 Å². The molecule has 1 aliphatic rings. The summed E-state index contributed by atoms with van der Waals surface area (Å²) < 4.78 is 1.98. The van der Waals surface area contributed by atoms with E-state index in [1.165, 1.54) is 31.4 Å².